The van der Waals surface area contributed by atoms with E-state index >= 15 is 0 Å². The maximum absolute atomic E-state index is 12.3. The van der Waals surface area contributed by atoms with Crippen molar-refractivity contribution in [3.8, 4) is 0 Å². The zero-order chi connectivity index (χ0) is 15.2. The molecular weight excluding hydrogens is 265 g/mol. The maximum atomic E-state index is 12.3. The summed E-state index contributed by atoms with van der Waals surface area (Å²) in [6, 6.07) is -0.931. The van der Waals surface area contributed by atoms with E-state index in [1.54, 1.807) is 0 Å². The summed E-state index contributed by atoms with van der Waals surface area (Å²) in [6.45, 7) is 1.50. The van der Waals surface area contributed by atoms with Crippen LogP contribution in [0.4, 0.5) is 18.0 Å². The summed E-state index contributed by atoms with van der Waals surface area (Å²) >= 11 is 0. The summed E-state index contributed by atoms with van der Waals surface area (Å²) in [5.74, 6) is -1.35. The number of hydrogen-bond acceptors (Lipinski definition) is 2. The highest BCUT2D eigenvalue weighted by atomic mass is 19.4. The average molecular weight is 284 g/mol. The zero-order valence-electron chi connectivity index (χ0n) is 11.2. The van der Waals surface area contributed by atoms with E-state index in [1.807, 2.05) is 13.8 Å². The number of halogens is 3. The summed E-state index contributed by atoms with van der Waals surface area (Å²) in [4.78, 5) is 23.7. The van der Waals surface area contributed by atoms with Gasteiger partial charge in [-0.15, -0.1) is 0 Å². The van der Waals surface area contributed by atoms with Gasteiger partial charge in [-0.05, 0) is 5.92 Å². The van der Waals surface area contributed by atoms with E-state index in [0.29, 0.717) is 0 Å². The maximum Gasteiger partial charge on any atom is 0.406 e. The van der Waals surface area contributed by atoms with E-state index in [9.17, 15) is 22.8 Å². The fourth-order valence-corrected chi connectivity index (χ4v) is 1.49. The molecule has 1 atom stereocenters. The molecule has 0 aliphatic carbocycles. The second-order valence-corrected chi connectivity index (χ2v) is 4.54. The van der Waals surface area contributed by atoms with Gasteiger partial charge >= 0.3 is 18.2 Å². The van der Waals surface area contributed by atoms with Crippen molar-refractivity contribution in [3.05, 3.63) is 0 Å². The van der Waals surface area contributed by atoms with Crippen molar-refractivity contribution in [3.63, 3.8) is 0 Å². The number of carboxylic acids is 1. The summed E-state index contributed by atoms with van der Waals surface area (Å²) in [7, 11) is 1.36. The van der Waals surface area contributed by atoms with Gasteiger partial charge in [0.15, 0.2) is 0 Å². The van der Waals surface area contributed by atoms with Gasteiger partial charge in [-0.2, -0.15) is 13.2 Å². The molecule has 0 aliphatic rings. The summed E-state index contributed by atoms with van der Waals surface area (Å²) in [6.07, 6.45) is -3.85. The average Bonchev–Trinajstić information content (AvgIpc) is 2.24. The normalized spacial score (nSPS) is 12.9. The third-order valence-corrected chi connectivity index (χ3v) is 2.58. The molecule has 1 unspecified atom stereocenters. The van der Waals surface area contributed by atoms with Crippen LogP contribution >= 0.6 is 0 Å². The van der Waals surface area contributed by atoms with Crippen LogP contribution in [0.1, 0.15) is 20.3 Å². The minimum Gasteiger partial charge on any atom is -0.480 e. The quantitative estimate of drug-likeness (QED) is 0.812. The Bertz CT molecular complexity index is 321. The fraction of sp³-hybridized carbons (Fsp3) is 0.818. The molecule has 0 saturated carbocycles. The Balaban J connectivity index is 4.74. The molecule has 0 heterocycles. The van der Waals surface area contributed by atoms with Crippen molar-refractivity contribution in [1.82, 2.24) is 9.80 Å². The van der Waals surface area contributed by atoms with Gasteiger partial charge in [-0.3, -0.25) is 4.79 Å². The highest BCUT2D eigenvalue weighted by Gasteiger charge is 2.35. The molecule has 0 radical (unpaired) electrons. The Hall–Kier alpha value is -1.47. The van der Waals surface area contributed by atoms with Gasteiger partial charge in [0.1, 0.15) is 13.1 Å². The molecule has 1 N–H and O–H groups in total. The van der Waals surface area contributed by atoms with Crippen LogP contribution in [0.5, 0.6) is 0 Å². The van der Waals surface area contributed by atoms with Crippen LogP contribution < -0.4 is 0 Å². The van der Waals surface area contributed by atoms with Crippen LogP contribution in [0.15, 0.2) is 0 Å². The van der Waals surface area contributed by atoms with Gasteiger partial charge in [0.2, 0.25) is 0 Å². The molecule has 19 heavy (non-hydrogen) atoms. The standard InChI is InChI=1S/C11H19F3N2O3/c1-4-8(2)5-15(3)10(19)16(6-9(17)18)7-11(12,13)14/h8H,4-7H2,1-3H3,(H,17,18). The van der Waals surface area contributed by atoms with E-state index in [0.717, 1.165) is 11.3 Å². The molecule has 0 aliphatic heterocycles. The molecule has 0 bridgehead atoms. The molecule has 2 amide bonds. The number of carboxylic acid groups (broad SMARTS) is 1. The van der Waals surface area contributed by atoms with Gasteiger partial charge in [0.25, 0.3) is 0 Å². The number of urea groups is 1. The first-order valence-corrected chi connectivity index (χ1v) is 5.85. The molecule has 112 valence electrons. The number of carbonyl (C=O) groups excluding carboxylic acids is 1. The van der Waals surface area contributed by atoms with Crippen LogP contribution in [0.25, 0.3) is 0 Å². The Morgan fingerprint density at radius 1 is 1.32 bits per heavy atom. The van der Waals surface area contributed by atoms with Gasteiger partial charge in [-0.25, -0.2) is 4.79 Å². The van der Waals surface area contributed by atoms with Crippen molar-refractivity contribution in [1.29, 1.82) is 0 Å². The largest absolute Gasteiger partial charge is 0.480 e. The molecule has 0 rings (SSSR count). The van der Waals surface area contributed by atoms with Crippen molar-refractivity contribution in [2.75, 3.05) is 26.7 Å². The van der Waals surface area contributed by atoms with Crippen molar-refractivity contribution in [2.24, 2.45) is 5.92 Å². The number of alkyl halides is 3. The van der Waals surface area contributed by atoms with Crippen molar-refractivity contribution < 1.29 is 27.9 Å². The predicted molar refractivity (Wildman–Crippen MR) is 62.7 cm³/mol. The molecule has 0 fully saturated rings. The minimum absolute atomic E-state index is 0.131. The Kier molecular flexibility index (Phi) is 6.64. The lowest BCUT2D eigenvalue weighted by Gasteiger charge is -2.29. The van der Waals surface area contributed by atoms with Gasteiger partial charge < -0.3 is 14.9 Å². The highest BCUT2D eigenvalue weighted by Crippen LogP contribution is 2.17. The zero-order valence-corrected chi connectivity index (χ0v) is 11.2. The molecule has 0 spiro atoms. The lowest BCUT2D eigenvalue weighted by molar-refractivity contribution is -0.149. The monoisotopic (exact) mass is 284 g/mol. The number of rotatable bonds is 6. The van der Waals surface area contributed by atoms with E-state index < -0.39 is 31.3 Å². The second kappa shape index (κ2) is 7.20. The SMILES string of the molecule is CCC(C)CN(C)C(=O)N(CC(=O)O)CC(F)(F)F. The van der Waals surface area contributed by atoms with E-state index in [4.69, 9.17) is 5.11 Å². The van der Waals surface area contributed by atoms with Crippen molar-refractivity contribution in [2.45, 2.75) is 26.4 Å². The molecule has 0 aromatic carbocycles. The molecule has 0 aromatic rings. The van der Waals surface area contributed by atoms with Crippen LogP contribution in [0, 0.1) is 5.92 Å². The van der Waals surface area contributed by atoms with Crippen LogP contribution in [-0.4, -0.2) is 59.8 Å². The third kappa shape index (κ3) is 7.53. The molecule has 8 heteroatoms. The first kappa shape index (κ1) is 17.5. The summed E-state index contributed by atoms with van der Waals surface area (Å²) in [5.41, 5.74) is 0. The summed E-state index contributed by atoms with van der Waals surface area (Å²) in [5, 5.41) is 8.56. The molecular formula is C11H19F3N2O3. The van der Waals surface area contributed by atoms with Crippen LogP contribution in [-0.2, 0) is 4.79 Å². The minimum atomic E-state index is -4.62. The Labute approximate surface area is 110 Å². The van der Waals surface area contributed by atoms with Crippen LogP contribution in [0.3, 0.4) is 0 Å². The number of hydrogen-bond donors (Lipinski definition) is 1. The second-order valence-electron chi connectivity index (χ2n) is 4.54. The first-order chi connectivity index (χ1) is 8.56. The number of carbonyl (C=O) groups is 2. The lowest BCUT2D eigenvalue weighted by atomic mass is 10.1. The van der Waals surface area contributed by atoms with Crippen molar-refractivity contribution >= 4 is 12.0 Å². The number of amides is 2. The number of aliphatic carboxylic acids is 1. The Morgan fingerprint density at radius 3 is 2.21 bits per heavy atom. The van der Waals surface area contributed by atoms with E-state index in [1.165, 1.54) is 7.05 Å². The highest BCUT2D eigenvalue weighted by molar-refractivity contribution is 5.80. The predicted octanol–water partition coefficient (Wildman–Crippen LogP) is 2.03. The molecule has 5 nitrogen and oxygen atoms in total. The smallest absolute Gasteiger partial charge is 0.406 e. The van der Waals surface area contributed by atoms with Gasteiger partial charge in [0, 0.05) is 13.6 Å². The Morgan fingerprint density at radius 2 is 1.84 bits per heavy atom. The van der Waals surface area contributed by atoms with Gasteiger partial charge in [-0.1, -0.05) is 20.3 Å². The third-order valence-electron chi connectivity index (χ3n) is 2.58. The molecule has 0 saturated heterocycles. The topological polar surface area (TPSA) is 60.9 Å². The van der Waals surface area contributed by atoms with E-state index in [-0.39, 0.29) is 17.4 Å². The number of nitrogens with zero attached hydrogens (tertiary/aromatic N) is 2. The first-order valence-electron chi connectivity index (χ1n) is 5.85. The molecule has 0 aromatic heterocycles. The lowest BCUT2D eigenvalue weighted by Crippen LogP contribution is -2.48. The fourth-order valence-electron chi connectivity index (χ4n) is 1.49. The van der Waals surface area contributed by atoms with Crippen LogP contribution in [0.2, 0.25) is 0 Å². The summed E-state index contributed by atoms with van der Waals surface area (Å²) < 4.78 is 36.9. The van der Waals surface area contributed by atoms with Gasteiger partial charge in [0.05, 0.1) is 0 Å². The van der Waals surface area contributed by atoms with E-state index in [2.05, 4.69) is 0 Å².